The van der Waals surface area contributed by atoms with Crippen LogP contribution in [0.3, 0.4) is 0 Å². The quantitative estimate of drug-likeness (QED) is 0.470. The van der Waals surface area contributed by atoms with Crippen molar-refractivity contribution in [2.75, 3.05) is 6.61 Å². The van der Waals surface area contributed by atoms with Gasteiger partial charge in [0.05, 0.1) is 12.5 Å². The Labute approximate surface area is 166 Å². The third-order valence-corrected chi connectivity index (χ3v) is 5.26. The van der Waals surface area contributed by atoms with Crippen LogP contribution >= 0.6 is 0 Å². The molecule has 0 N–H and O–H groups in total. The molecule has 158 valence electrons. The predicted octanol–water partition coefficient (Wildman–Crippen LogP) is 5.47. The molecule has 27 heavy (non-hydrogen) atoms. The van der Waals surface area contributed by atoms with Crippen LogP contribution < -0.4 is 0 Å². The van der Waals surface area contributed by atoms with E-state index in [4.69, 9.17) is 4.74 Å². The highest BCUT2D eigenvalue weighted by Gasteiger charge is 2.30. The highest BCUT2D eigenvalue weighted by Crippen LogP contribution is 2.33. The highest BCUT2D eigenvalue weighted by molar-refractivity contribution is 5.87. The molecule has 0 heterocycles. The second-order valence-corrected chi connectivity index (χ2v) is 10.6. The summed E-state index contributed by atoms with van der Waals surface area (Å²) in [6.45, 7) is 20.0. The smallest absolute Gasteiger partial charge is 0.309 e. The fraction of sp³-hybridized carbons (Fsp3) is 0.870. The number of ketones is 2. The van der Waals surface area contributed by atoms with E-state index in [1.807, 2.05) is 34.6 Å². The lowest BCUT2D eigenvalue weighted by Gasteiger charge is -2.32. The van der Waals surface area contributed by atoms with Crippen molar-refractivity contribution in [3.8, 4) is 0 Å². The molecule has 0 aliphatic carbocycles. The van der Waals surface area contributed by atoms with Gasteiger partial charge in [-0.15, -0.1) is 0 Å². The number of Topliss-reactive ketones (excluding diaryl/α,β-unsaturated/α-hetero) is 2. The maximum Gasteiger partial charge on any atom is 0.309 e. The topological polar surface area (TPSA) is 60.4 Å². The summed E-state index contributed by atoms with van der Waals surface area (Å²) < 4.78 is 5.58. The van der Waals surface area contributed by atoms with Gasteiger partial charge in [0.2, 0.25) is 0 Å². The van der Waals surface area contributed by atoms with Gasteiger partial charge in [0.25, 0.3) is 0 Å². The molecule has 0 spiro atoms. The van der Waals surface area contributed by atoms with Gasteiger partial charge < -0.3 is 4.74 Å². The number of hydrogen-bond acceptors (Lipinski definition) is 4. The van der Waals surface area contributed by atoms with E-state index in [0.717, 1.165) is 6.42 Å². The van der Waals surface area contributed by atoms with Gasteiger partial charge in [0.15, 0.2) is 0 Å². The first-order valence-corrected chi connectivity index (χ1v) is 10.3. The van der Waals surface area contributed by atoms with Crippen LogP contribution in [0.5, 0.6) is 0 Å². The predicted molar refractivity (Wildman–Crippen MR) is 110 cm³/mol. The lowest BCUT2D eigenvalue weighted by atomic mass is 9.75. The Morgan fingerprint density at radius 3 is 1.78 bits per heavy atom. The molecule has 0 saturated heterocycles. The maximum atomic E-state index is 12.4. The molecular weight excluding hydrogens is 340 g/mol. The van der Waals surface area contributed by atoms with Gasteiger partial charge in [-0.3, -0.25) is 14.4 Å². The summed E-state index contributed by atoms with van der Waals surface area (Å²) in [6.07, 6.45) is 1.61. The minimum absolute atomic E-state index is 0.0279. The molecule has 4 nitrogen and oxygen atoms in total. The van der Waals surface area contributed by atoms with Gasteiger partial charge >= 0.3 is 5.97 Å². The second kappa shape index (κ2) is 10.4. The van der Waals surface area contributed by atoms with Crippen molar-refractivity contribution in [1.29, 1.82) is 0 Å². The van der Waals surface area contributed by atoms with E-state index in [2.05, 4.69) is 27.7 Å². The third-order valence-electron chi connectivity index (χ3n) is 5.26. The van der Waals surface area contributed by atoms with Crippen LogP contribution in [0, 0.1) is 34.5 Å². The SMILES string of the molecule is CC(CC(=O)C(C)C)CC(COC(=O)C(C)CC(=O)C(C)(C)C)C(C)(C)C. The molecule has 4 heteroatoms. The van der Waals surface area contributed by atoms with Crippen molar-refractivity contribution < 1.29 is 19.1 Å². The zero-order chi connectivity index (χ0) is 21.6. The van der Waals surface area contributed by atoms with Gasteiger partial charge in [-0.2, -0.15) is 0 Å². The summed E-state index contributed by atoms with van der Waals surface area (Å²) in [7, 11) is 0. The Balaban J connectivity index is 4.77. The van der Waals surface area contributed by atoms with Crippen molar-refractivity contribution in [3.63, 3.8) is 0 Å². The van der Waals surface area contributed by atoms with Gasteiger partial charge in [-0.25, -0.2) is 0 Å². The van der Waals surface area contributed by atoms with E-state index in [-0.39, 0.29) is 47.1 Å². The van der Waals surface area contributed by atoms with Crippen LogP contribution in [-0.4, -0.2) is 24.1 Å². The molecular formula is C23H42O4. The van der Waals surface area contributed by atoms with Crippen molar-refractivity contribution in [2.45, 2.75) is 88.5 Å². The Morgan fingerprint density at radius 1 is 0.852 bits per heavy atom. The van der Waals surface area contributed by atoms with Crippen LogP contribution in [-0.2, 0) is 19.1 Å². The maximum absolute atomic E-state index is 12.4. The standard InChI is InChI=1S/C23H42O4/c1-15(2)19(24)12-16(3)11-18(22(5,6)7)14-27-21(26)17(4)13-20(25)23(8,9)10/h15-18H,11-14H2,1-10H3. The van der Waals surface area contributed by atoms with E-state index < -0.39 is 11.3 Å². The minimum atomic E-state index is -0.444. The average Bonchev–Trinajstić information content (AvgIpc) is 2.48. The van der Waals surface area contributed by atoms with E-state index in [1.165, 1.54) is 0 Å². The molecule has 0 aromatic rings. The number of rotatable bonds is 10. The van der Waals surface area contributed by atoms with Crippen LogP contribution in [0.4, 0.5) is 0 Å². The minimum Gasteiger partial charge on any atom is -0.465 e. The summed E-state index contributed by atoms with van der Waals surface area (Å²) >= 11 is 0. The summed E-state index contributed by atoms with van der Waals surface area (Å²) in [5.74, 6) is 0.0795. The number of carbonyl (C=O) groups is 3. The molecule has 0 aromatic heterocycles. The molecule has 0 radical (unpaired) electrons. The molecule has 3 unspecified atom stereocenters. The number of ether oxygens (including phenoxy) is 1. The zero-order valence-corrected chi connectivity index (χ0v) is 19.3. The summed E-state index contributed by atoms with van der Waals surface area (Å²) in [5, 5.41) is 0. The average molecular weight is 383 g/mol. The Bertz CT molecular complexity index is 505. The molecule has 0 saturated carbocycles. The van der Waals surface area contributed by atoms with E-state index >= 15 is 0 Å². The second-order valence-electron chi connectivity index (χ2n) is 10.6. The largest absolute Gasteiger partial charge is 0.465 e. The highest BCUT2D eigenvalue weighted by atomic mass is 16.5. The van der Waals surface area contributed by atoms with Crippen LogP contribution in [0.25, 0.3) is 0 Å². The van der Waals surface area contributed by atoms with Crippen molar-refractivity contribution in [2.24, 2.45) is 34.5 Å². The molecule has 0 amide bonds. The Morgan fingerprint density at radius 2 is 1.37 bits per heavy atom. The Hall–Kier alpha value is -1.19. The molecule has 0 aliphatic rings. The fourth-order valence-electron chi connectivity index (χ4n) is 2.81. The first-order valence-electron chi connectivity index (χ1n) is 10.3. The normalized spacial score (nSPS) is 16.0. The van der Waals surface area contributed by atoms with Crippen molar-refractivity contribution in [1.82, 2.24) is 0 Å². The Kier molecular flexibility index (Phi) is 9.92. The monoisotopic (exact) mass is 382 g/mol. The summed E-state index contributed by atoms with van der Waals surface area (Å²) in [6, 6.07) is 0. The van der Waals surface area contributed by atoms with Crippen LogP contribution in [0.15, 0.2) is 0 Å². The fourth-order valence-corrected chi connectivity index (χ4v) is 2.81. The van der Waals surface area contributed by atoms with Gasteiger partial charge in [-0.05, 0) is 23.7 Å². The van der Waals surface area contributed by atoms with E-state index in [1.54, 1.807) is 6.92 Å². The molecule has 0 bridgehead atoms. The molecule has 0 aromatic carbocycles. The number of hydrogen-bond donors (Lipinski definition) is 0. The third kappa shape index (κ3) is 10.1. The summed E-state index contributed by atoms with van der Waals surface area (Å²) in [5.41, 5.74) is -0.471. The number of carbonyl (C=O) groups excluding carboxylic acids is 3. The van der Waals surface area contributed by atoms with Crippen LogP contribution in [0.2, 0.25) is 0 Å². The first kappa shape index (κ1) is 25.8. The van der Waals surface area contributed by atoms with Crippen molar-refractivity contribution in [3.05, 3.63) is 0 Å². The van der Waals surface area contributed by atoms with Crippen LogP contribution in [0.1, 0.15) is 88.5 Å². The molecule has 3 atom stereocenters. The lowest BCUT2D eigenvalue weighted by molar-refractivity contribution is -0.152. The lowest BCUT2D eigenvalue weighted by Crippen LogP contribution is -2.31. The first-order chi connectivity index (χ1) is 12.1. The summed E-state index contributed by atoms with van der Waals surface area (Å²) in [4.78, 5) is 36.5. The van der Waals surface area contributed by atoms with E-state index in [0.29, 0.717) is 13.0 Å². The van der Waals surface area contributed by atoms with E-state index in [9.17, 15) is 14.4 Å². The molecule has 0 aliphatic heterocycles. The van der Waals surface area contributed by atoms with Gasteiger partial charge in [0.1, 0.15) is 11.6 Å². The number of esters is 1. The molecule has 0 rings (SSSR count). The zero-order valence-electron chi connectivity index (χ0n) is 19.3. The van der Waals surface area contributed by atoms with Gasteiger partial charge in [0, 0.05) is 24.2 Å². The van der Waals surface area contributed by atoms with Crippen molar-refractivity contribution >= 4 is 17.5 Å². The van der Waals surface area contributed by atoms with Gasteiger partial charge in [-0.1, -0.05) is 69.2 Å². The molecule has 0 fully saturated rings.